The van der Waals surface area contributed by atoms with Gasteiger partial charge in [-0.05, 0) is 25.5 Å². The number of methoxy groups -OCH3 is 1. The molecule has 1 aromatic carbocycles. The van der Waals surface area contributed by atoms with Crippen LogP contribution in [-0.4, -0.2) is 31.5 Å². The highest BCUT2D eigenvalue weighted by molar-refractivity contribution is 5.98. The summed E-state index contributed by atoms with van der Waals surface area (Å²) in [5, 5.41) is 2.82. The average Bonchev–Trinajstić information content (AvgIpc) is 2.92. The van der Waals surface area contributed by atoms with Crippen LogP contribution < -0.4 is 20.7 Å². The third kappa shape index (κ3) is 3.39. The minimum absolute atomic E-state index is 0.0978. The van der Waals surface area contributed by atoms with E-state index in [1.165, 1.54) is 0 Å². The molecule has 1 saturated heterocycles. The smallest absolute Gasteiger partial charge is 0.228 e. The Bertz CT molecular complexity index is 572. The van der Waals surface area contributed by atoms with Crippen molar-refractivity contribution >= 4 is 23.2 Å². The molecule has 1 heterocycles. The first-order valence-electron chi connectivity index (χ1n) is 7.49. The summed E-state index contributed by atoms with van der Waals surface area (Å²) in [7, 11) is 1.55. The lowest BCUT2D eigenvalue weighted by Crippen LogP contribution is -2.34. The Labute approximate surface area is 130 Å². The number of anilines is 2. The van der Waals surface area contributed by atoms with Gasteiger partial charge in [0.1, 0.15) is 5.75 Å². The fraction of sp³-hybridized carbons (Fsp3) is 0.500. The van der Waals surface area contributed by atoms with E-state index in [1.807, 2.05) is 0 Å². The molecule has 1 fully saturated rings. The topological polar surface area (TPSA) is 84.7 Å². The summed E-state index contributed by atoms with van der Waals surface area (Å²) in [5.74, 6) is 0.245. The number of nitrogens with two attached hydrogens (primary N) is 1. The highest BCUT2D eigenvalue weighted by Crippen LogP contribution is 2.33. The molecule has 0 aliphatic carbocycles. The number of nitrogens with one attached hydrogen (secondary N) is 1. The third-order valence-electron chi connectivity index (χ3n) is 4.01. The molecule has 1 aliphatic rings. The maximum Gasteiger partial charge on any atom is 0.228 e. The average molecular weight is 305 g/mol. The highest BCUT2D eigenvalue weighted by Gasteiger charge is 2.25. The monoisotopic (exact) mass is 305 g/mol. The van der Waals surface area contributed by atoms with Crippen molar-refractivity contribution in [3.8, 4) is 5.75 Å². The zero-order chi connectivity index (χ0) is 16.3. The van der Waals surface area contributed by atoms with Crippen LogP contribution >= 0.6 is 0 Å². The van der Waals surface area contributed by atoms with Crippen molar-refractivity contribution < 1.29 is 14.3 Å². The number of benzene rings is 1. The van der Waals surface area contributed by atoms with E-state index >= 15 is 0 Å². The number of hydrogen-bond donors (Lipinski definition) is 2. The Morgan fingerprint density at radius 3 is 2.68 bits per heavy atom. The van der Waals surface area contributed by atoms with Crippen molar-refractivity contribution in [3.63, 3.8) is 0 Å². The minimum atomic E-state index is -0.286. The second-order valence-electron chi connectivity index (χ2n) is 5.67. The first kappa shape index (κ1) is 16.3. The maximum atomic E-state index is 12.1. The molecule has 2 rings (SSSR count). The zero-order valence-corrected chi connectivity index (χ0v) is 13.3. The first-order chi connectivity index (χ1) is 10.4. The Morgan fingerprint density at radius 2 is 2.14 bits per heavy atom. The fourth-order valence-corrected chi connectivity index (χ4v) is 2.38. The largest absolute Gasteiger partial charge is 0.494 e. The quantitative estimate of drug-likeness (QED) is 0.868. The molecule has 120 valence electrons. The molecule has 2 unspecified atom stereocenters. The molecule has 2 atom stereocenters. The normalized spacial score (nSPS) is 17.3. The lowest BCUT2D eigenvalue weighted by Gasteiger charge is -2.20. The van der Waals surface area contributed by atoms with Crippen molar-refractivity contribution in [2.45, 2.75) is 32.7 Å². The lowest BCUT2D eigenvalue weighted by molar-refractivity contribution is -0.120. The number of amides is 2. The summed E-state index contributed by atoms with van der Waals surface area (Å²) in [6, 6.07) is 5.08. The van der Waals surface area contributed by atoms with Crippen molar-refractivity contribution in [1.82, 2.24) is 0 Å². The van der Waals surface area contributed by atoms with Gasteiger partial charge < -0.3 is 20.7 Å². The predicted octanol–water partition coefficient (Wildman–Crippen LogP) is 1.74. The predicted molar refractivity (Wildman–Crippen MR) is 86.0 cm³/mol. The molecular weight excluding hydrogens is 282 g/mol. The molecule has 0 saturated carbocycles. The van der Waals surface area contributed by atoms with Gasteiger partial charge in [0.25, 0.3) is 0 Å². The molecule has 6 heteroatoms. The molecule has 0 radical (unpaired) electrons. The van der Waals surface area contributed by atoms with Crippen LogP contribution in [0, 0.1) is 5.92 Å². The van der Waals surface area contributed by atoms with E-state index in [0.29, 0.717) is 24.4 Å². The fourth-order valence-electron chi connectivity index (χ4n) is 2.38. The van der Waals surface area contributed by atoms with E-state index in [1.54, 1.807) is 44.1 Å². The van der Waals surface area contributed by atoms with Crippen LogP contribution in [0.25, 0.3) is 0 Å². The standard InChI is InChI=1S/C16H23N3O3/c1-10(11(2)17)16(21)18-12-6-7-13(14(9-12)22-3)19-8-4-5-15(19)20/h6-7,9-11H,4-5,8,17H2,1-3H3,(H,18,21). The molecule has 22 heavy (non-hydrogen) atoms. The number of carbonyl (C=O) groups excluding carboxylic acids is 2. The molecule has 3 N–H and O–H groups in total. The molecule has 1 aromatic rings. The van der Waals surface area contributed by atoms with Gasteiger partial charge in [0.2, 0.25) is 11.8 Å². The van der Waals surface area contributed by atoms with Crippen LogP contribution in [-0.2, 0) is 9.59 Å². The van der Waals surface area contributed by atoms with Crippen molar-refractivity contribution in [1.29, 1.82) is 0 Å². The van der Waals surface area contributed by atoms with Gasteiger partial charge in [-0.3, -0.25) is 9.59 Å². The Kier molecular flexibility index (Phi) is 5.03. The van der Waals surface area contributed by atoms with Gasteiger partial charge in [-0.1, -0.05) is 6.92 Å². The van der Waals surface area contributed by atoms with E-state index in [9.17, 15) is 9.59 Å². The van der Waals surface area contributed by atoms with Crippen LogP contribution in [0.4, 0.5) is 11.4 Å². The summed E-state index contributed by atoms with van der Waals surface area (Å²) in [5.41, 5.74) is 7.11. The second kappa shape index (κ2) is 6.79. The van der Waals surface area contributed by atoms with Crippen LogP contribution in [0.3, 0.4) is 0 Å². The Balaban J connectivity index is 2.19. The summed E-state index contributed by atoms with van der Waals surface area (Å²) in [6.45, 7) is 4.28. The third-order valence-corrected chi connectivity index (χ3v) is 4.01. The van der Waals surface area contributed by atoms with Crippen molar-refractivity contribution in [2.75, 3.05) is 23.9 Å². The van der Waals surface area contributed by atoms with E-state index in [4.69, 9.17) is 10.5 Å². The Morgan fingerprint density at radius 1 is 1.41 bits per heavy atom. The number of ether oxygens (including phenoxy) is 1. The lowest BCUT2D eigenvalue weighted by atomic mass is 10.0. The second-order valence-corrected chi connectivity index (χ2v) is 5.67. The molecule has 2 amide bonds. The van der Waals surface area contributed by atoms with Crippen molar-refractivity contribution in [3.05, 3.63) is 18.2 Å². The van der Waals surface area contributed by atoms with E-state index in [2.05, 4.69) is 5.32 Å². The Hall–Kier alpha value is -2.08. The number of carbonyl (C=O) groups is 2. The minimum Gasteiger partial charge on any atom is -0.494 e. The molecule has 1 aliphatic heterocycles. The van der Waals surface area contributed by atoms with E-state index in [0.717, 1.165) is 12.1 Å². The zero-order valence-electron chi connectivity index (χ0n) is 13.3. The van der Waals surface area contributed by atoms with Gasteiger partial charge >= 0.3 is 0 Å². The highest BCUT2D eigenvalue weighted by atomic mass is 16.5. The molecule has 0 bridgehead atoms. The van der Waals surface area contributed by atoms with Crippen molar-refractivity contribution in [2.24, 2.45) is 11.7 Å². The van der Waals surface area contributed by atoms with Crippen LogP contribution in [0.2, 0.25) is 0 Å². The van der Waals surface area contributed by atoms with Gasteiger partial charge in [-0.25, -0.2) is 0 Å². The molecule has 0 spiro atoms. The van der Waals surface area contributed by atoms with Gasteiger partial charge in [0.15, 0.2) is 0 Å². The summed E-state index contributed by atoms with van der Waals surface area (Å²) >= 11 is 0. The molecule has 6 nitrogen and oxygen atoms in total. The van der Waals surface area contributed by atoms with Crippen LogP contribution in [0.5, 0.6) is 5.75 Å². The number of rotatable bonds is 5. The number of hydrogen-bond acceptors (Lipinski definition) is 4. The summed E-state index contributed by atoms with van der Waals surface area (Å²) in [6.07, 6.45) is 1.42. The summed E-state index contributed by atoms with van der Waals surface area (Å²) < 4.78 is 5.37. The van der Waals surface area contributed by atoms with Gasteiger partial charge in [-0.15, -0.1) is 0 Å². The van der Waals surface area contributed by atoms with Gasteiger partial charge in [0.05, 0.1) is 18.7 Å². The van der Waals surface area contributed by atoms with E-state index < -0.39 is 0 Å². The van der Waals surface area contributed by atoms with E-state index in [-0.39, 0.29) is 23.8 Å². The van der Waals surface area contributed by atoms with Gasteiger partial charge in [0, 0.05) is 30.8 Å². The number of nitrogens with zero attached hydrogens (tertiary/aromatic N) is 1. The molecule has 0 aromatic heterocycles. The SMILES string of the molecule is COc1cc(NC(=O)C(C)C(C)N)ccc1N1CCCC1=O. The van der Waals surface area contributed by atoms with Gasteiger partial charge in [-0.2, -0.15) is 0 Å². The van der Waals surface area contributed by atoms with Crippen LogP contribution in [0.15, 0.2) is 18.2 Å². The maximum absolute atomic E-state index is 12.1. The molecular formula is C16H23N3O3. The first-order valence-corrected chi connectivity index (χ1v) is 7.49. The summed E-state index contributed by atoms with van der Waals surface area (Å²) in [4.78, 5) is 25.6. The van der Waals surface area contributed by atoms with Crippen LogP contribution in [0.1, 0.15) is 26.7 Å².